The molecule has 0 saturated heterocycles. The van der Waals surface area contributed by atoms with E-state index in [1.807, 2.05) is 30.3 Å². The lowest BCUT2D eigenvalue weighted by Crippen LogP contribution is -2.45. The fourth-order valence-electron chi connectivity index (χ4n) is 3.36. The summed E-state index contributed by atoms with van der Waals surface area (Å²) in [5, 5.41) is 2.68. The Morgan fingerprint density at radius 2 is 1.42 bits per heavy atom. The molecule has 0 heterocycles. The largest absolute Gasteiger partial charge is 0.464 e. The van der Waals surface area contributed by atoms with E-state index in [1.54, 1.807) is 20.8 Å². The maximum absolute atomic E-state index is 12.6. The van der Waals surface area contributed by atoms with E-state index in [9.17, 15) is 9.59 Å². The molecule has 1 atom stereocenters. The van der Waals surface area contributed by atoms with E-state index in [2.05, 4.69) is 12.2 Å². The van der Waals surface area contributed by atoms with Crippen molar-refractivity contribution in [2.24, 2.45) is 0 Å². The molecule has 1 aromatic rings. The minimum absolute atomic E-state index is 0.372. The fraction of sp³-hybridized carbons (Fsp3) is 0.692. The van der Waals surface area contributed by atoms with Gasteiger partial charge in [0.2, 0.25) is 0 Å². The van der Waals surface area contributed by atoms with Crippen molar-refractivity contribution in [3.8, 4) is 0 Å². The van der Waals surface area contributed by atoms with Gasteiger partial charge in [-0.25, -0.2) is 9.59 Å². The third kappa shape index (κ3) is 14.6. The standard InChI is InChI=1S/C26H43NO4/c1-5-6-7-8-9-10-11-12-13-17-20-30-24(28)23(21-22-18-15-14-16-19-22)27-25(29)31-26(2,3)4/h14-16,18-19,23H,5-13,17,20-21H2,1-4H3,(H,27,29). The first kappa shape index (κ1) is 27.0. The van der Waals surface area contributed by atoms with Gasteiger partial charge in [-0.15, -0.1) is 0 Å². The normalized spacial score (nSPS) is 12.3. The highest BCUT2D eigenvalue weighted by Crippen LogP contribution is 2.12. The van der Waals surface area contributed by atoms with Crippen LogP contribution in [0, 0.1) is 0 Å². The zero-order chi connectivity index (χ0) is 23.0. The molecule has 1 rings (SSSR count). The predicted octanol–water partition coefficient (Wildman–Crippen LogP) is 6.59. The lowest BCUT2D eigenvalue weighted by Gasteiger charge is -2.23. The number of ether oxygens (including phenoxy) is 2. The van der Waals surface area contributed by atoms with Gasteiger partial charge in [0.15, 0.2) is 0 Å². The monoisotopic (exact) mass is 433 g/mol. The summed E-state index contributed by atoms with van der Waals surface area (Å²) in [4.78, 5) is 24.8. The zero-order valence-corrected chi connectivity index (χ0v) is 20.1. The Morgan fingerprint density at radius 3 is 1.97 bits per heavy atom. The van der Waals surface area contributed by atoms with Crippen molar-refractivity contribution in [2.45, 2.75) is 110 Å². The molecular formula is C26H43NO4. The molecule has 0 aliphatic heterocycles. The van der Waals surface area contributed by atoms with Crippen LogP contribution in [-0.4, -0.2) is 30.3 Å². The summed E-state index contributed by atoms with van der Waals surface area (Å²) in [5.41, 5.74) is 0.334. The highest BCUT2D eigenvalue weighted by molar-refractivity contribution is 5.81. The Balaban J connectivity index is 2.34. The van der Waals surface area contributed by atoms with Crippen molar-refractivity contribution in [3.05, 3.63) is 35.9 Å². The molecule has 31 heavy (non-hydrogen) atoms. The van der Waals surface area contributed by atoms with Gasteiger partial charge < -0.3 is 14.8 Å². The van der Waals surface area contributed by atoms with Crippen LogP contribution in [-0.2, 0) is 20.7 Å². The van der Waals surface area contributed by atoms with E-state index >= 15 is 0 Å². The summed E-state index contributed by atoms with van der Waals surface area (Å²) in [6, 6.07) is 8.84. The summed E-state index contributed by atoms with van der Waals surface area (Å²) >= 11 is 0. The van der Waals surface area contributed by atoms with Crippen molar-refractivity contribution in [2.75, 3.05) is 6.61 Å². The maximum Gasteiger partial charge on any atom is 0.408 e. The van der Waals surface area contributed by atoms with Gasteiger partial charge in [-0.1, -0.05) is 95.0 Å². The van der Waals surface area contributed by atoms with Crippen molar-refractivity contribution >= 4 is 12.1 Å². The second-order valence-corrected chi connectivity index (χ2v) is 9.24. The summed E-state index contributed by atoms with van der Waals surface area (Å²) in [6.45, 7) is 8.01. The van der Waals surface area contributed by atoms with Gasteiger partial charge in [0, 0.05) is 6.42 Å². The van der Waals surface area contributed by atoms with Gasteiger partial charge >= 0.3 is 12.1 Å². The molecule has 0 aliphatic rings. The Labute approximate surface area is 189 Å². The third-order valence-corrected chi connectivity index (χ3v) is 5.00. The molecule has 5 heteroatoms. The molecule has 1 N–H and O–H groups in total. The number of esters is 1. The number of hydrogen-bond acceptors (Lipinski definition) is 4. The molecule has 0 fully saturated rings. The summed E-state index contributed by atoms with van der Waals surface area (Å²) in [5.74, 6) is -0.411. The molecule has 5 nitrogen and oxygen atoms in total. The van der Waals surface area contributed by atoms with Gasteiger partial charge in [0.25, 0.3) is 0 Å². The molecule has 0 aliphatic carbocycles. The number of benzene rings is 1. The molecule has 0 radical (unpaired) electrons. The number of rotatable bonds is 15. The molecule has 1 unspecified atom stereocenters. The van der Waals surface area contributed by atoms with E-state index < -0.39 is 23.7 Å². The average molecular weight is 434 g/mol. The second kappa shape index (κ2) is 15.7. The second-order valence-electron chi connectivity index (χ2n) is 9.24. The number of alkyl carbamates (subject to hydrolysis) is 1. The van der Waals surface area contributed by atoms with E-state index in [-0.39, 0.29) is 0 Å². The minimum Gasteiger partial charge on any atom is -0.464 e. The smallest absolute Gasteiger partial charge is 0.408 e. The summed E-state index contributed by atoms with van der Waals surface area (Å²) < 4.78 is 10.8. The van der Waals surface area contributed by atoms with Crippen LogP contribution >= 0.6 is 0 Å². The number of carbonyl (C=O) groups excluding carboxylic acids is 2. The Morgan fingerprint density at radius 1 is 0.871 bits per heavy atom. The van der Waals surface area contributed by atoms with Crippen LogP contribution in [0.1, 0.15) is 97.5 Å². The van der Waals surface area contributed by atoms with Crippen molar-refractivity contribution in [3.63, 3.8) is 0 Å². The van der Waals surface area contributed by atoms with Crippen molar-refractivity contribution in [1.82, 2.24) is 5.32 Å². The number of carbonyl (C=O) groups is 2. The molecule has 176 valence electrons. The van der Waals surface area contributed by atoms with E-state index in [0.29, 0.717) is 13.0 Å². The number of unbranched alkanes of at least 4 members (excludes halogenated alkanes) is 9. The zero-order valence-electron chi connectivity index (χ0n) is 20.1. The number of amides is 1. The predicted molar refractivity (Wildman–Crippen MR) is 126 cm³/mol. The van der Waals surface area contributed by atoms with Gasteiger partial charge in [-0.2, -0.15) is 0 Å². The van der Waals surface area contributed by atoms with Gasteiger partial charge in [-0.3, -0.25) is 0 Å². The molecule has 0 bridgehead atoms. The Kier molecular flexibility index (Phi) is 13.7. The van der Waals surface area contributed by atoms with E-state index in [1.165, 1.54) is 51.4 Å². The topological polar surface area (TPSA) is 64.6 Å². The van der Waals surface area contributed by atoms with Crippen molar-refractivity contribution in [1.29, 1.82) is 0 Å². The van der Waals surface area contributed by atoms with Crippen LogP contribution in [0.5, 0.6) is 0 Å². The van der Waals surface area contributed by atoms with Gasteiger partial charge in [-0.05, 0) is 32.8 Å². The lowest BCUT2D eigenvalue weighted by atomic mass is 10.1. The molecule has 1 amide bonds. The molecule has 0 aromatic heterocycles. The van der Waals surface area contributed by atoms with Crippen LogP contribution < -0.4 is 5.32 Å². The Hall–Kier alpha value is -2.04. The van der Waals surface area contributed by atoms with Gasteiger partial charge in [0.05, 0.1) is 6.61 Å². The highest BCUT2D eigenvalue weighted by atomic mass is 16.6. The quantitative estimate of drug-likeness (QED) is 0.250. The maximum atomic E-state index is 12.6. The third-order valence-electron chi connectivity index (χ3n) is 5.00. The van der Waals surface area contributed by atoms with Crippen LogP contribution in [0.4, 0.5) is 4.79 Å². The number of hydrogen-bond donors (Lipinski definition) is 1. The average Bonchev–Trinajstić information content (AvgIpc) is 2.70. The summed E-state index contributed by atoms with van der Waals surface area (Å²) in [6.07, 6.45) is 12.1. The van der Waals surface area contributed by atoms with Crippen LogP contribution in [0.25, 0.3) is 0 Å². The van der Waals surface area contributed by atoms with Crippen LogP contribution in [0.2, 0.25) is 0 Å². The van der Waals surface area contributed by atoms with E-state index in [4.69, 9.17) is 9.47 Å². The first-order chi connectivity index (χ1) is 14.8. The minimum atomic E-state index is -0.764. The van der Waals surface area contributed by atoms with Gasteiger partial charge in [0.1, 0.15) is 11.6 Å². The van der Waals surface area contributed by atoms with Crippen LogP contribution in [0.15, 0.2) is 30.3 Å². The lowest BCUT2D eigenvalue weighted by molar-refractivity contribution is -0.146. The van der Waals surface area contributed by atoms with E-state index in [0.717, 1.165) is 18.4 Å². The molecule has 0 spiro atoms. The van der Waals surface area contributed by atoms with Crippen LogP contribution in [0.3, 0.4) is 0 Å². The molecule has 1 aromatic carbocycles. The molecular weight excluding hydrogens is 390 g/mol. The SMILES string of the molecule is CCCCCCCCCCCCOC(=O)C(Cc1ccccc1)NC(=O)OC(C)(C)C. The highest BCUT2D eigenvalue weighted by Gasteiger charge is 2.25. The number of nitrogens with one attached hydrogen (secondary N) is 1. The fourth-order valence-corrected chi connectivity index (χ4v) is 3.36. The first-order valence-corrected chi connectivity index (χ1v) is 12.0. The molecule has 0 saturated carbocycles. The summed E-state index contributed by atoms with van der Waals surface area (Å²) in [7, 11) is 0. The first-order valence-electron chi connectivity index (χ1n) is 12.0. The Bertz CT molecular complexity index is 610. The van der Waals surface area contributed by atoms with Crippen molar-refractivity contribution < 1.29 is 19.1 Å².